The van der Waals surface area contributed by atoms with Crippen LogP contribution < -0.4 is 5.56 Å². The SMILES string of the molecule is O=c1c(Cl)c(O)cnn1CC1CC1. The number of rotatable bonds is 2. The van der Waals surface area contributed by atoms with E-state index in [4.69, 9.17) is 16.7 Å². The molecule has 1 heterocycles. The van der Waals surface area contributed by atoms with Crippen LogP contribution in [0.2, 0.25) is 5.02 Å². The monoisotopic (exact) mass is 200 g/mol. The Bertz CT molecular complexity index is 384. The van der Waals surface area contributed by atoms with Gasteiger partial charge in [0.2, 0.25) is 0 Å². The molecule has 0 aliphatic heterocycles. The maximum absolute atomic E-state index is 11.4. The fraction of sp³-hybridized carbons (Fsp3) is 0.500. The summed E-state index contributed by atoms with van der Waals surface area (Å²) >= 11 is 5.56. The van der Waals surface area contributed by atoms with Crippen molar-refractivity contribution in [3.8, 4) is 5.75 Å². The number of hydrogen-bond acceptors (Lipinski definition) is 3. The Morgan fingerprint density at radius 3 is 3.00 bits per heavy atom. The lowest BCUT2D eigenvalue weighted by atomic mass is 10.4. The highest BCUT2D eigenvalue weighted by molar-refractivity contribution is 6.31. The minimum Gasteiger partial charge on any atom is -0.505 e. The summed E-state index contributed by atoms with van der Waals surface area (Å²) in [5.41, 5.74) is -0.409. The fourth-order valence-corrected chi connectivity index (χ4v) is 1.28. The molecule has 0 atom stereocenters. The van der Waals surface area contributed by atoms with E-state index in [1.807, 2.05) is 0 Å². The first-order chi connectivity index (χ1) is 6.18. The van der Waals surface area contributed by atoms with Crippen LogP contribution in [0.15, 0.2) is 11.0 Å². The van der Waals surface area contributed by atoms with Gasteiger partial charge in [-0.05, 0) is 18.8 Å². The minimum atomic E-state index is -0.409. The summed E-state index contributed by atoms with van der Waals surface area (Å²) in [4.78, 5) is 11.4. The second kappa shape index (κ2) is 3.03. The molecule has 0 bridgehead atoms. The Morgan fingerprint density at radius 2 is 2.38 bits per heavy atom. The first-order valence-corrected chi connectivity index (χ1v) is 4.51. The molecule has 5 heteroatoms. The van der Waals surface area contributed by atoms with Crippen molar-refractivity contribution in [2.75, 3.05) is 0 Å². The van der Waals surface area contributed by atoms with Gasteiger partial charge in [0, 0.05) is 6.54 Å². The molecule has 1 aliphatic carbocycles. The van der Waals surface area contributed by atoms with Crippen LogP contribution in [0.4, 0.5) is 0 Å². The average molecular weight is 201 g/mol. The molecule has 1 aromatic heterocycles. The smallest absolute Gasteiger partial charge is 0.289 e. The van der Waals surface area contributed by atoms with Gasteiger partial charge in [-0.3, -0.25) is 4.79 Å². The Labute approximate surface area is 79.8 Å². The van der Waals surface area contributed by atoms with Gasteiger partial charge < -0.3 is 5.11 Å². The van der Waals surface area contributed by atoms with Gasteiger partial charge >= 0.3 is 0 Å². The summed E-state index contributed by atoms with van der Waals surface area (Å²) in [7, 11) is 0. The number of aromatic hydroxyl groups is 1. The summed E-state index contributed by atoms with van der Waals surface area (Å²) < 4.78 is 1.31. The molecule has 1 N–H and O–H groups in total. The average Bonchev–Trinajstić information content (AvgIpc) is 2.90. The van der Waals surface area contributed by atoms with E-state index in [2.05, 4.69) is 5.10 Å². The lowest BCUT2D eigenvalue weighted by Crippen LogP contribution is -2.23. The summed E-state index contributed by atoms with van der Waals surface area (Å²) in [5.74, 6) is 0.310. The van der Waals surface area contributed by atoms with Crippen LogP contribution in [0, 0.1) is 5.92 Å². The summed E-state index contributed by atoms with van der Waals surface area (Å²) in [6.45, 7) is 0.610. The van der Waals surface area contributed by atoms with Gasteiger partial charge in [-0.1, -0.05) is 11.6 Å². The molecule has 0 radical (unpaired) electrons. The lowest BCUT2D eigenvalue weighted by molar-refractivity contribution is 0.454. The molecule has 0 saturated heterocycles. The second-order valence-corrected chi connectivity index (χ2v) is 3.65. The van der Waals surface area contributed by atoms with Crippen LogP contribution in [0.5, 0.6) is 5.75 Å². The third-order valence-corrected chi connectivity index (χ3v) is 2.45. The zero-order valence-corrected chi connectivity index (χ0v) is 7.66. The van der Waals surface area contributed by atoms with Crippen LogP contribution in [0.1, 0.15) is 12.8 Å². The van der Waals surface area contributed by atoms with Crippen molar-refractivity contribution in [3.05, 3.63) is 21.6 Å². The molecule has 0 aromatic carbocycles. The number of halogens is 1. The molecule has 4 nitrogen and oxygen atoms in total. The molecular weight excluding hydrogens is 192 g/mol. The topological polar surface area (TPSA) is 55.1 Å². The zero-order chi connectivity index (χ0) is 9.42. The third-order valence-electron chi connectivity index (χ3n) is 2.09. The van der Waals surface area contributed by atoms with Crippen LogP contribution in [0.25, 0.3) is 0 Å². The normalized spacial score (nSPS) is 16.1. The maximum Gasteiger partial charge on any atom is 0.289 e. The number of nitrogens with zero attached hydrogens (tertiary/aromatic N) is 2. The zero-order valence-electron chi connectivity index (χ0n) is 6.90. The predicted octanol–water partition coefficient (Wildman–Crippen LogP) is 1.01. The number of aromatic nitrogens is 2. The van der Waals surface area contributed by atoms with Crippen molar-refractivity contribution in [1.29, 1.82) is 0 Å². The quantitative estimate of drug-likeness (QED) is 0.776. The van der Waals surface area contributed by atoms with E-state index >= 15 is 0 Å². The summed E-state index contributed by atoms with van der Waals surface area (Å²) in [5, 5.41) is 12.7. The molecule has 0 unspecified atom stereocenters. The van der Waals surface area contributed by atoms with E-state index in [-0.39, 0.29) is 10.8 Å². The van der Waals surface area contributed by atoms with Crippen molar-refractivity contribution >= 4 is 11.6 Å². The van der Waals surface area contributed by atoms with Crippen molar-refractivity contribution in [2.45, 2.75) is 19.4 Å². The molecule has 1 fully saturated rings. The van der Waals surface area contributed by atoms with E-state index in [1.165, 1.54) is 10.9 Å². The van der Waals surface area contributed by atoms with E-state index in [9.17, 15) is 4.79 Å². The standard InChI is InChI=1S/C8H9ClN2O2/c9-7-6(12)3-10-11(8(7)13)4-5-1-2-5/h3,5,12H,1-2,4H2. The highest BCUT2D eigenvalue weighted by atomic mass is 35.5. The Morgan fingerprint density at radius 1 is 1.69 bits per heavy atom. The Kier molecular flexibility index (Phi) is 2.00. The van der Waals surface area contributed by atoms with Crippen molar-refractivity contribution < 1.29 is 5.11 Å². The molecule has 0 amide bonds. The first-order valence-electron chi connectivity index (χ1n) is 4.13. The van der Waals surface area contributed by atoms with E-state index in [1.54, 1.807) is 0 Å². The molecule has 1 saturated carbocycles. The van der Waals surface area contributed by atoms with Crippen LogP contribution in [-0.2, 0) is 6.54 Å². The van der Waals surface area contributed by atoms with Crippen LogP contribution in [0.3, 0.4) is 0 Å². The molecule has 13 heavy (non-hydrogen) atoms. The third kappa shape index (κ3) is 1.67. The molecule has 1 aliphatic rings. The maximum atomic E-state index is 11.4. The summed E-state index contributed by atoms with van der Waals surface area (Å²) in [6.07, 6.45) is 3.49. The van der Waals surface area contributed by atoms with E-state index in [0.717, 1.165) is 12.8 Å². The van der Waals surface area contributed by atoms with Crippen molar-refractivity contribution in [3.63, 3.8) is 0 Å². The minimum absolute atomic E-state index is 0.143. The largest absolute Gasteiger partial charge is 0.505 e. The first kappa shape index (κ1) is 8.56. The van der Waals surface area contributed by atoms with Gasteiger partial charge in [0.05, 0.1) is 6.20 Å². The van der Waals surface area contributed by atoms with Crippen LogP contribution >= 0.6 is 11.6 Å². The van der Waals surface area contributed by atoms with Crippen molar-refractivity contribution in [2.24, 2.45) is 5.92 Å². The highest BCUT2D eigenvalue weighted by Crippen LogP contribution is 2.30. The number of hydrogen-bond donors (Lipinski definition) is 1. The van der Waals surface area contributed by atoms with Crippen LogP contribution in [-0.4, -0.2) is 14.9 Å². The van der Waals surface area contributed by atoms with Gasteiger partial charge in [0.25, 0.3) is 5.56 Å². The Balaban J connectivity index is 2.35. The van der Waals surface area contributed by atoms with Gasteiger partial charge in [0.1, 0.15) is 0 Å². The molecule has 0 spiro atoms. The van der Waals surface area contributed by atoms with Gasteiger partial charge in [0.15, 0.2) is 10.8 Å². The van der Waals surface area contributed by atoms with Gasteiger partial charge in [-0.15, -0.1) is 0 Å². The highest BCUT2D eigenvalue weighted by Gasteiger charge is 2.23. The molecule has 2 rings (SSSR count). The van der Waals surface area contributed by atoms with E-state index in [0.29, 0.717) is 12.5 Å². The molecule has 70 valence electrons. The Hall–Kier alpha value is -1.03. The fourth-order valence-electron chi connectivity index (χ4n) is 1.13. The summed E-state index contributed by atoms with van der Waals surface area (Å²) in [6, 6.07) is 0. The van der Waals surface area contributed by atoms with Gasteiger partial charge in [-0.2, -0.15) is 5.10 Å². The molecule has 1 aromatic rings. The second-order valence-electron chi connectivity index (χ2n) is 3.27. The lowest BCUT2D eigenvalue weighted by Gasteiger charge is -2.03. The predicted molar refractivity (Wildman–Crippen MR) is 47.9 cm³/mol. The van der Waals surface area contributed by atoms with Crippen molar-refractivity contribution in [1.82, 2.24) is 9.78 Å². The van der Waals surface area contributed by atoms with E-state index < -0.39 is 5.56 Å². The van der Waals surface area contributed by atoms with Gasteiger partial charge in [-0.25, -0.2) is 4.68 Å². The molecular formula is C8H9ClN2O2.